The molecule has 5 rings (SSSR count). The fraction of sp³-hybridized carbons (Fsp3) is 0.600. The second-order valence-corrected chi connectivity index (χ2v) is 9.58. The van der Waals surface area contributed by atoms with Gasteiger partial charge in [-0.15, -0.1) is 0 Å². The third-order valence-electron chi connectivity index (χ3n) is 7.46. The van der Waals surface area contributed by atoms with Crippen molar-refractivity contribution >= 4 is 11.9 Å². The van der Waals surface area contributed by atoms with Gasteiger partial charge in [0.15, 0.2) is 11.6 Å². The summed E-state index contributed by atoms with van der Waals surface area (Å²) >= 11 is 0. The summed E-state index contributed by atoms with van der Waals surface area (Å²) in [6, 6.07) is 0. The number of carbonyl (C=O) groups is 1. The summed E-state index contributed by atoms with van der Waals surface area (Å²) < 4.78 is 20.5. The molecule has 0 N–H and O–H groups in total. The van der Waals surface area contributed by atoms with Gasteiger partial charge in [-0.05, 0) is 63.9 Å². The molecule has 2 aliphatic carbocycles. The van der Waals surface area contributed by atoms with E-state index in [0.717, 1.165) is 68.2 Å². The van der Waals surface area contributed by atoms with Gasteiger partial charge in [-0.1, -0.05) is 17.7 Å². The van der Waals surface area contributed by atoms with Crippen molar-refractivity contribution in [3.05, 3.63) is 50.5 Å². The summed E-state index contributed by atoms with van der Waals surface area (Å²) in [6.45, 7) is 2.44. The number of alkyl halides is 1. The van der Waals surface area contributed by atoms with Crippen LogP contribution >= 0.6 is 0 Å². The SMILES string of the molecule is Cc1nc2n(c(=O)c1CCCC1CCC(c3noc4c3C=CC(F)C4)CC1)CCCC2=O. The van der Waals surface area contributed by atoms with Crippen molar-refractivity contribution in [3.63, 3.8) is 0 Å². The molecular weight excluding hydrogens is 409 g/mol. The summed E-state index contributed by atoms with van der Waals surface area (Å²) in [5.41, 5.74) is 3.45. The highest BCUT2D eigenvalue weighted by atomic mass is 19.1. The van der Waals surface area contributed by atoms with Gasteiger partial charge in [-0.25, -0.2) is 9.37 Å². The molecule has 3 heterocycles. The van der Waals surface area contributed by atoms with Gasteiger partial charge >= 0.3 is 0 Å². The second kappa shape index (κ2) is 8.75. The van der Waals surface area contributed by atoms with E-state index < -0.39 is 6.17 Å². The lowest BCUT2D eigenvalue weighted by Crippen LogP contribution is -2.34. The van der Waals surface area contributed by atoms with Gasteiger partial charge in [0.1, 0.15) is 11.9 Å². The van der Waals surface area contributed by atoms with E-state index in [1.54, 1.807) is 10.6 Å². The third kappa shape index (κ3) is 3.97. The minimum absolute atomic E-state index is 0.0202. The lowest BCUT2D eigenvalue weighted by atomic mass is 9.77. The normalized spacial score (nSPS) is 24.9. The minimum atomic E-state index is -0.971. The summed E-state index contributed by atoms with van der Waals surface area (Å²) in [4.78, 5) is 29.4. The first-order valence-electron chi connectivity index (χ1n) is 12.0. The fourth-order valence-corrected chi connectivity index (χ4v) is 5.62. The van der Waals surface area contributed by atoms with Crippen LogP contribution in [0, 0.1) is 12.8 Å². The largest absolute Gasteiger partial charge is 0.360 e. The number of allylic oxidation sites excluding steroid dienone is 1. The molecule has 2 aromatic heterocycles. The quantitative estimate of drug-likeness (QED) is 0.674. The number of nitrogens with zero attached hydrogens (tertiary/aromatic N) is 3. The van der Waals surface area contributed by atoms with Crippen molar-refractivity contribution in [2.45, 2.75) is 89.8 Å². The zero-order valence-electron chi connectivity index (χ0n) is 18.6. The predicted octanol–water partition coefficient (Wildman–Crippen LogP) is 4.72. The van der Waals surface area contributed by atoms with E-state index in [1.807, 2.05) is 13.0 Å². The lowest BCUT2D eigenvalue weighted by Gasteiger charge is -2.28. The number of ketones is 1. The second-order valence-electron chi connectivity index (χ2n) is 9.58. The number of halogens is 1. The van der Waals surface area contributed by atoms with Crippen LogP contribution in [0.1, 0.15) is 96.2 Å². The molecule has 0 saturated heterocycles. The van der Waals surface area contributed by atoms with Crippen molar-refractivity contribution in [1.82, 2.24) is 14.7 Å². The zero-order chi connectivity index (χ0) is 22.2. The zero-order valence-corrected chi connectivity index (χ0v) is 18.6. The van der Waals surface area contributed by atoms with Crippen LogP contribution in [-0.2, 0) is 19.4 Å². The van der Waals surface area contributed by atoms with Gasteiger partial charge in [0.2, 0.25) is 0 Å². The third-order valence-corrected chi connectivity index (χ3v) is 7.46. The molecule has 0 bridgehead atoms. The predicted molar refractivity (Wildman–Crippen MR) is 119 cm³/mol. The smallest absolute Gasteiger partial charge is 0.257 e. The molecule has 170 valence electrons. The Bertz CT molecular complexity index is 1110. The highest BCUT2D eigenvalue weighted by Crippen LogP contribution is 2.40. The van der Waals surface area contributed by atoms with E-state index >= 15 is 0 Å². The van der Waals surface area contributed by atoms with E-state index in [0.29, 0.717) is 48.5 Å². The average molecular weight is 440 g/mol. The van der Waals surface area contributed by atoms with Crippen LogP contribution < -0.4 is 5.56 Å². The summed E-state index contributed by atoms with van der Waals surface area (Å²) in [5, 5.41) is 4.28. The van der Waals surface area contributed by atoms with Crippen LogP contribution in [-0.4, -0.2) is 26.7 Å². The topological polar surface area (TPSA) is 78.0 Å². The Labute approximate surface area is 186 Å². The number of rotatable bonds is 5. The molecule has 0 spiro atoms. The van der Waals surface area contributed by atoms with Crippen LogP contribution in [0.15, 0.2) is 15.4 Å². The van der Waals surface area contributed by atoms with Gasteiger partial charge < -0.3 is 4.52 Å². The Kier molecular flexibility index (Phi) is 5.82. The Morgan fingerprint density at radius 3 is 2.84 bits per heavy atom. The molecule has 2 aromatic rings. The van der Waals surface area contributed by atoms with Gasteiger partial charge in [0.05, 0.1) is 5.69 Å². The highest BCUT2D eigenvalue weighted by molar-refractivity contribution is 5.93. The van der Waals surface area contributed by atoms with Crippen LogP contribution in [0.5, 0.6) is 0 Å². The molecule has 1 unspecified atom stereocenters. The van der Waals surface area contributed by atoms with E-state index in [1.165, 1.54) is 0 Å². The van der Waals surface area contributed by atoms with Crippen molar-refractivity contribution in [2.75, 3.05) is 0 Å². The van der Waals surface area contributed by atoms with E-state index in [9.17, 15) is 14.0 Å². The number of aromatic nitrogens is 3. The number of aryl methyl sites for hydroxylation is 1. The molecule has 32 heavy (non-hydrogen) atoms. The average Bonchev–Trinajstić information content (AvgIpc) is 3.20. The Balaban J connectivity index is 1.16. The summed E-state index contributed by atoms with van der Waals surface area (Å²) in [7, 11) is 0. The Morgan fingerprint density at radius 1 is 1.22 bits per heavy atom. The van der Waals surface area contributed by atoms with Crippen LogP contribution in [0.25, 0.3) is 6.08 Å². The number of carbonyl (C=O) groups excluding carboxylic acids is 1. The van der Waals surface area contributed by atoms with E-state index in [2.05, 4.69) is 10.1 Å². The van der Waals surface area contributed by atoms with Crippen molar-refractivity contribution in [3.8, 4) is 0 Å². The Morgan fingerprint density at radius 2 is 2.03 bits per heavy atom. The molecule has 3 aliphatic rings. The maximum absolute atomic E-state index is 13.5. The maximum atomic E-state index is 13.5. The minimum Gasteiger partial charge on any atom is -0.360 e. The molecule has 1 atom stereocenters. The number of fused-ring (bicyclic) bond motifs is 2. The summed E-state index contributed by atoms with van der Waals surface area (Å²) in [6.07, 6.45) is 11.1. The van der Waals surface area contributed by atoms with E-state index in [4.69, 9.17) is 4.52 Å². The molecule has 6 nitrogen and oxygen atoms in total. The molecule has 7 heteroatoms. The first-order valence-corrected chi connectivity index (χ1v) is 12.0. The van der Waals surface area contributed by atoms with Crippen LogP contribution in [0.2, 0.25) is 0 Å². The molecule has 1 saturated carbocycles. The molecular formula is C25H30FN3O3. The number of Topliss-reactive ketones (excluding diaryl/α,β-unsaturated/α-hetero) is 1. The van der Waals surface area contributed by atoms with E-state index in [-0.39, 0.29) is 11.3 Å². The highest BCUT2D eigenvalue weighted by Gasteiger charge is 2.30. The first kappa shape index (κ1) is 21.3. The number of hydrogen-bond acceptors (Lipinski definition) is 5. The van der Waals surface area contributed by atoms with Gasteiger partial charge in [-0.2, -0.15) is 0 Å². The maximum Gasteiger partial charge on any atom is 0.257 e. The fourth-order valence-electron chi connectivity index (χ4n) is 5.62. The van der Waals surface area contributed by atoms with Gasteiger partial charge in [0, 0.05) is 42.1 Å². The molecule has 0 aromatic carbocycles. The van der Waals surface area contributed by atoms with Crippen LogP contribution in [0.3, 0.4) is 0 Å². The molecule has 1 fully saturated rings. The molecule has 1 aliphatic heterocycles. The first-order chi connectivity index (χ1) is 15.5. The van der Waals surface area contributed by atoms with Gasteiger partial charge in [-0.3, -0.25) is 14.2 Å². The van der Waals surface area contributed by atoms with Gasteiger partial charge in [0.25, 0.3) is 5.56 Å². The number of hydrogen-bond donors (Lipinski definition) is 0. The standard InChI is InChI=1S/C25H30FN3O3/c1-15-19(25(31)29-13-3-6-21(30)24(29)27-15)5-2-4-16-7-9-17(10-8-16)23-20-12-11-18(26)14-22(20)32-28-23/h11-12,16-18H,2-10,13-14H2,1H3. The Hall–Kier alpha value is -2.57. The summed E-state index contributed by atoms with van der Waals surface area (Å²) in [5.74, 6) is 2.03. The molecule has 0 amide bonds. The van der Waals surface area contributed by atoms with Crippen molar-refractivity contribution in [2.24, 2.45) is 5.92 Å². The molecule has 0 radical (unpaired) electrons. The van der Waals surface area contributed by atoms with Crippen LogP contribution in [0.4, 0.5) is 4.39 Å². The monoisotopic (exact) mass is 439 g/mol. The lowest BCUT2D eigenvalue weighted by molar-refractivity contribution is 0.0945. The van der Waals surface area contributed by atoms with Crippen molar-refractivity contribution < 1.29 is 13.7 Å². The van der Waals surface area contributed by atoms with Crippen molar-refractivity contribution in [1.29, 1.82) is 0 Å².